The quantitative estimate of drug-likeness (QED) is 0.623. The number of nitrogens with one attached hydrogen (secondary N) is 2. The van der Waals surface area contributed by atoms with Crippen LogP contribution >= 0.6 is 0 Å². The molecule has 156 valence electrons. The first-order valence-corrected chi connectivity index (χ1v) is 9.70. The molecule has 0 radical (unpaired) electrons. The zero-order chi connectivity index (χ0) is 21.1. The number of anilines is 1. The maximum absolute atomic E-state index is 11.9. The molecule has 1 aromatic heterocycles. The fourth-order valence-corrected chi connectivity index (χ4v) is 2.53. The van der Waals surface area contributed by atoms with Crippen molar-refractivity contribution < 1.29 is 19.1 Å². The van der Waals surface area contributed by atoms with E-state index in [1.165, 1.54) is 0 Å². The van der Waals surface area contributed by atoms with E-state index in [1.54, 1.807) is 51.2 Å². The van der Waals surface area contributed by atoms with Crippen molar-refractivity contribution in [2.45, 2.75) is 45.6 Å². The predicted molar refractivity (Wildman–Crippen MR) is 112 cm³/mol. The fourth-order valence-electron chi connectivity index (χ4n) is 2.53. The molecule has 2 N–H and O–H groups in total. The SMILES string of the molecule is CC(C)(C)OC(=O)Nc1cccc(OCCNC(=O)CCCc2cccnc2)c1. The van der Waals surface area contributed by atoms with E-state index >= 15 is 0 Å². The number of benzene rings is 1. The van der Waals surface area contributed by atoms with Gasteiger partial charge in [0.25, 0.3) is 0 Å². The molecule has 29 heavy (non-hydrogen) atoms. The van der Waals surface area contributed by atoms with Crippen LogP contribution in [0.3, 0.4) is 0 Å². The zero-order valence-electron chi connectivity index (χ0n) is 17.2. The second-order valence-electron chi connectivity index (χ2n) is 7.57. The van der Waals surface area contributed by atoms with Crippen LogP contribution in [0, 0.1) is 0 Å². The van der Waals surface area contributed by atoms with Crippen molar-refractivity contribution in [3.8, 4) is 5.75 Å². The van der Waals surface area contributed by atoms with Crippen LogP contribution in [0.2, 0.25) is 0 Å². The second kappa shape index (κ2) is 11.0. The molecule has 1 aromatic carbocycles. The summed E-state index contributed by atoms with van der Waals surface area (Å²) in [6.07, 6.45) is 5.10. The minimum Gasteiger partial charge on any atom is -0.492 e. The highest BCUT2D eigenvalue weighted by molar-refractivity contribution is 5.85. The number of aromatic nitrogens is 1. The van der Waals surface area contributed by atoms with Crippen LogP contribution in [0.25, 0.3) is 0 Å². The van der Waals surface area contributed by atoms with Gasteiger partial charge in [0.05, 0.1) is 6.54 Å². The highest BCUT2D eigenvalue weighted by Gasteiger charge is 2.16. The van der Waals surface area contributed by atoms with E-state index in [2.05, 4.69) is 15.6 Å². The summed E-state index contributed by atoms with van der Waals surface area (Å²) in [7, 11) is 0. The third-order valence-electron chi connectivity index (χ3n) is 3.76. The van der Waals surface area contributed by atoms with Gasteiger partial charge in [-0.1, -0.05) is 12.1 Å². The molecule has 0 saturated carbocycles. The maximum Gasteiger partial charge on any atom is 0.412 e. The standard InChI is InChI=1S/C22H29N3O4/c1-22(2,3)29-21(27)25-18-9-5-10-19(15-18)28-14-13-24-20(26)11-4-7-17-8-6-12-23-16-17/h5-6,8-10,12,15-16H,4,7,11,13-14H2,1-3H3,(H,24,26)(H,25,27). The Bertz CT molecular complexity index is 788. The summed E-state index contributed by atoms with van der Waals surface area (Å²) < 4.78 is 10.9. The molecular weight excluding hydrogens is 370 g/mol. The summed E-state index contributed by atoms with van der Waals surface area (Å²) in [4.78, 5) is 27.8. The summed E-state index contributed by atoms with van der Waals surface area (Å²) in [5.41, 5.74) is 1.15. The van der Waals surface area contributed by atoms with Crippen molar-refractivity contribution >= 4 is 17.7 Å². The van der Waals surface area contributed by atoms with Crippen molar-refractivity contribution in [1.29, 1.82) is 0 Å². The van der Waals surface area contributed by atoms with Crippen molar-refractivity contribution in [2.24, 2.45) is 0 Å². The average molecular weight is 399 g/mol. The number of ether oxygens (including phenoxy) is 2. The van der Waals surface area contributed by atoms with Crippen LogP contribution < -0.4 is 15.4 Å². The molecule has 0 unspecified atom stereocenters. The van der Waals surface area contributed by atoms with Crippen molar-refractivity contribution in [2.75, 3.05) is 18.5 Å². The Morgan fingerprint density at radius 3 is 2.69 bits per heavy atom. The van der Waals surface area contributed by atoms with E-state index in [0.29, 0.717) is 31.0 Å². The normalized spacial score (nSPS) is 10.9. The summed E-state index contributed by atoms with van der Waals surface area (Å²) in [6, 6.07) is 10.9. The van der Waals surface area contributed by atoms with E-state index in [0.717, 1.165) is 18.4 Å². The molecule has 0 aliphatic rings. The largest absolute Gasteiger partial charge is 0.492 e. The van der Waals surface area contributed by atoms with Gasteiger partial charge in [0, 0.05) is 30.6 Å². The molecule has 2 aromatic rings. The Balaban J connectivity index is 1.64. The molecule has 1 heterocycles. The number of amides is 2. The molecule has 2 rings (SSSR count). The summed E-state index contributed by atoms with van der Waals surface area (Å²) in [5, 5.41) is 5.51. The third-order valence-corrected chi connectivity index (χ3v) is 3.76. The number of hydrogen-bond donors (Lipinski definition) is 2. The molecule has 0 spiro atoms. The van der Waals surface area contributed by atoms with Crippen LogP contribution in [0.15, 0.2) is 48.8 Å². The van der Waals surface area contributed by atoms with Gasteiger partial charge in [0.15, 0.2) is 0 Å². The highest BCUT2D eigenvalue weighted by atomic mass is 16.6. The van der Waals surface area contributed by atoms with E-state index in [1.807, 2.05) is 18.3 Å². The van der Waals surface area contributed by atoms with E-state index in [9.17, 15) is 9.59 Å². The van der Waals surface area contributed by atoms with Gasteiger partial charge < -0.3 is 14.8 Å². The molecule has 0 atom stereocenters. The number of hydrogen-bond acceptors (Lipinski definition) is 5. The summed E-state index contributed by atoms with van der Waals surface area (Å²) in [5.74, 6) is 0.599. The molecule has 0 aliphatic heterocycles. The lowest BCUT2D eigenvalue weighted by Gasteiger charge is -2.19. The Hall–Kier alpha value is -3.09. The number of nitrogens with zero attached hydrogens (tertiary/aromatic N) is 1. The minimum absolute atomic E-state index is 0.00201. The van der Waals surface area contributed by atoms with E-state index in [4.69, 9.17) is 9.47 Å². The van der Waals surface area contributed by atoms with Gasteiger partial charge in [-0.3, -0.25) is 15.1 Å². The number of carbonyl (C=O) groups is 2. The Kier molecular flexibility index (Phi) is 8.45. The zero-order valence-corrected chi connectivity index (χ0v) is 17.2. The topological polar surface area (TPSA) is 89.5 Å². The van der Waals surface area contributed by atoms with Gasteiger partial charge >= 0.3 is 6.09 Å². The molecule has 0 aliphatic carbocycles. The van der Waals surface area contributed by atoms with E-state index in [-0.39, 0.29) is 5.91 Å². The van der Waals surface area contributed by atoms with Gasteiger partial charge in [-0.15, -0.1) is 0 Å². The lowest BCUT2D eigenvalue weighted by Crippen LogP contribution is -2.28. The molecule has 2 amide bonds. The van der Waals surface area contributed by atoms with Gasteiger partial charge in [-0.2, -0.15) is 0 Å². The van der Waals surface area contributed by atoms with Gasteiger partial charge in [-0.05, 0) is 57.4 Å². The lowest BCUT2D eigenvalue weighted by atomic mass is 10.1. The Labute approximate surface area is 171 Å². The number of aryl methyl sites for hydroxylation is 1. The summed E-state index contributed by atoms with van der Waals surface area (Å²) in [6.45, 7) is 6.16. The number of pyridine rings is 1. The number of carbonyl (C=O) groups excluding carboxylic acids is 2. The monoisotopic (exact) mass is 399 g/mol. The van der Waals surface area contributed by atoms with Crippen LogP contribution in [0.5, 0.6) is 5.75 Å². The van der Waals surface area contributed by atoms with Gasteiger partial charge in [0.1, 0.15) is 18.0 Å². The average Bonchev–Trinajstić information content (AvgIpc) is 2.65. The maximum atomic E-state index is 11.9. The molecule has 7 nitrogen and oxygen atoms in total. The first kappa shape index (κ1) is 22.2. The molecular formula is C22H29N3O4. The van der Waals surface area contributed by atoms with Crippen LogP contribution in [0.4, 0.5) is 10.5 Å². The molecule has 0 saturated heterocycles. The van der Waals surface area contributed by atoms with Gasteiger partial charge in [-0.25, -0.2) is 4.79 Å². The second-order valence-corrected chi connectivity index (χ2v) is 7.57. The fraction of sp³-hybridized carbons (Fsp3) is 0.409. The molecule has 7 heteroatoms. The third kappa shape index (κ3) is 9.60. The predicted octanol–water partition coefficient (Wildman–Crippen LogP) is 3.95. The molecule has 0 bridgehead atoms. The van der Waals surface area contributed by atoms with Gasteiger partial charge in [0.2, 0.25) is 5.91 Å². The summed E-state index contributed by atoms with van der Waals surface area (Å²) >= 11 is 0. The van der Waals surface area contributed by atoms with Crippen LogP contribution in [-0.2, 0) is 16.0 Å². The van der Waals surface area contributed by atoms with E-state index < -0.39 is 11.7 Å². The van der Waals surface area contributed by atoms with Crippen molar-refractivity contribution in [3.63, 3.8) is 0 Å². The first-order valence-electron chi connectivity index (χ1n) is 9.70. The Morgan fingerprint density at radius 2 is 1.97 bits per heavy atom. The number of rotatable bonds is 9. The first-order chi connectivity index (χ1) is 13.8. The van der Waals surface area contributed by atoms with Crippen molar-refractivity contribution in [1.82, 2.24) is 10.3 Å². The smallest absolute Gasteiger partial charge is 0.412 e. The minimum atomic E-state index is -0.561. The van der Waals surface area contributed by atoms with Crippen molar-refractivity contribution in [3.05, 3.63) is 54.4 Å². The molecule has 0 fully saturated rings. The highest BCUT2D eigenvalue weighted by Crippen LogP contribution is 2.18. The van der Waals surface area contributed by atoms with Crippen LogP contribution in [0.1, 0.15) is 39.2 Å². The Morgan fingerprint density at radius 1 is 1.14 bits per heavy atom. The van der Waals surface area contributed by atoms with Crippen LogP contribution in [-0.4, -0.2) is 35.7 Å². The lowest BCUT2D eigenvalue weighted by molar-refractivity contribution is -0.121.